The van der Waals surface area contributed by atoms with Gasteiger partial charge in [0.05, 0.1) is 17.4 Å². The van der Waals surface area contributed by atoms with E-state index < -0.39 is 0 Å². The number of aromatic nitrogens is 2. The van der Waals surface area contributed by atoms with Crippen molar-refractivity contribution in [1.82, 2.24) is 15.1 Å². The van der Waals surface area contributed by atoms with Crippen LogP contribution in [-0.2, 0) is 0 Å². The topological polar surface area (TPSA) is 46.9 Å². The summed E-state index contributed by atoms with van der Waals surface area (Å²) in [5.41, 5.74) is 1.55. The average molecular weight is 271 g/mol. The second-order valence-corrected chi connectivity index (χ2v) is 5.30. The molecule has 1 aromatic carbocycles. The molecule has 0 spiro atoms. The lowest BCUT2D eigenvalue weighted by Gasteiger charge is -2.05. The van der Waals surface area contributed by atoms with E-state index in [1.165, 1.54) is 0 Å². The number of amides is 1. The van der Waals surface area contributed by atoms with Crippen LogP contribution >= 0.6 is 0 Å². The maximum absolute atomic E-state index is 12.0. The fourth-order valence-electron chi connectivity index (χ4n) is 1.98. The zero-order valence-corrected chi connectivity index (χ0v) is 12.0. The molecule has 1 aromatic heterocycles. The van der Waals surface area contributed by atoms with Crippen molar-refractivity contribution >= 4 is 5.91 Å². The van der Waals surface area contributed by atoms with Crippen LogP contribution in [0.25, 0.3) is 5.69 Å². The summed E-state index contributed by atoms with van der Waals surface area (Å²) in [7, 11) is 0. The van der Waals surface area contributed by atoms with Crippen LogP contribution in [0.3, 0.4) is 0 Å². The monoisotopic (exact) mass is 271 g/mol. The van der Waals surface area contributed by atoms with Gasteiger partial charge in [0, 0.05) is 12.7 Å². The van der Waals surface area contributed by atoms with Crippen molar-refractivity contribution in [1.29, 1.82) is 0 Å². The van der Waals surface area contributed by atoms with Crippen LogP contribution in [0.1, 0.15) is 37.0 Å². The Hall–Kier alpha value is -2.10. The minimum atomic E-state index is -0.0593. The van der Waals surface area contributed by atoms with Gasteiger partial charge in [-0.1, -0.05) is 32.0 Å². The molecule has 2 aromatic rings. The van der Waals surface area contributed by atoms with E-state index in [4.69, 9.17) is 0 Å². The summed E-state index contributed by atoms with van der Waals surface area (Å²) < 4.78 is 1.71. The van der Waals surface area contributed by atoms with E-state index in [1.54, 1.807) is 17.1 Å². The first-order chi connectivity index (χ1) is 9.66. The third-order valence-corrected chi connectivity index (χ3v) is 3.11. The zero-order chi connectivity index (χ0) is 14.4. The Morgan fingerprint density at radius 2 is 2.05 bits per heavy atom. The van der Waals surface area contributed by atoms with Gasteiger partial charge in [-0.05, 0) is 30.9 Å². The lowest BCUT2D eigenvalue weighted by molar-refractivity contribution is 0.0952. The lowest BCUT2D eigenvalue weighted by atomic mass is 10.1. The number of benzene rings is 1. The summed E-state index contributed by atoms with van der Waals surface area (Å²) in [5, 5.41) is 7.15. The molecule has 0 atom stereocenters. The second kappa shape index (κ2) is 6.89. The summed E-state index contributed by atoms with van der Waals surface area (Å²) in [5.74, 6) is 0.615. The van der Waals surface area contributed by atoms with Gasteiger partial charge in [-0.2, -0.15) is 5.10 Å². The van der Waals surface area contributed by atoms with Gasteiger partial charge >= 0.3 is 0 Å². The number of hydrogen-bond acceptors (Lipinski definition) is 2. The summed E-state index contributed by atoms with van der Waals surface area (Å²) in [4.78, 5) is 12.0. The Kier molecular flexibility index (Phi) is 4.93. The Labute approximate surface area is 119 Å². The standard InChI is InChI=1S/C16H21N3O/c1-13(2)7-6-10-17-16(20)14-11-18-19(12-14)15-8-4-3-5-9-15/h3-5,8-9,11-13H,6-7,10H2,1-2H3,(H,17,20). The molecule has 0 aliphatic rings. The number of nitrogens with zero attached hydrogens (tertiary/aromatic N) is 2. The van der Waals surface area contributed by atoms with Crippen LogP contribution in [0.5, 0.6) is 0 Å². The van der Waals surface area contributed by atoms with E-state index in [2.05, 4.69) is 24.3 Å². The number of carbonyl (C=O) groups excluding carboxylic acids is 1. The number of para-hydroxylation sites is 1. The van der Waals surface area contributed by atoms with Crippen molar-refractivity contribution in [3.05, 3.63) is 48.3 Å². The van der Waals surface area contributed by atoms with Crippen LogP contribution in [-0.4, -0.2) is 22.2 Å². The maximum Gasteiger partial charge on any atom is 0.254 e. The molecule has 1 N–H and O–H groups in total. The number of rotatable bonds is 6. The average Bonchev–Trinajstić information content (AvgIpc) is 2.94. The number of nitrogens with one attached hydrogen (secondary N) is 1. The molecular weight excluding hydrogens is 250 g/mol. The first kappa shape index (κ1) is 14.3. The number of hydrogen-bond donors (Lipinski definition) is 1. The van der Waals surface area contributed by atoms with E-state index in [1.807, 2.05) is 30.3 Å². The molecule has 0 bridgehead atoms. The van der Waals surface area contributed by atoms with Gasteiger partial charge in [0.1, 0.15) is 0 Å². The Morgan fingerprint density at radius 3 is 2.75 bits per heavy atom. The number of carbonyl (C=O) groups is 1. The maximum atomic E-state index is 12.0. The molecule has 0 fully saturated rings. The molecule has 0 radical (unpaired) electrons. The third-order valence-electron chi connectivity index (χ3n) is 3.11. The Balaban J connectivity index is 1.90. The first-order valence-corrected chi connectivity index (χ1v) is 7.05. The van der Waals surface area contributed by atoms with Crippen molar-refractivity contribution < 1.29 is 4.79 Å². The van der Waals surface area contributed by atoms with Crippen molar-refractivity contribution in [2.24, 2.45) is 5.92 Å². The third kappa shape index (κ3) is 3.95. The molecule has 4 heteroatoms. The van der Waals surface area contributed by atoms with Crippen LogP contribution < -0.4 is 5.32 Å². The van der Waals surface area contributed by atoms with Gasteiger partial charge < -0.3 is 5.32 Å². The fraction of sp³-hybridized carbons (Fsp3) is 0.375. The molecule has 0 saturated heterocycles. The van der Waals surface area contributed by atoms with Gasteiger partial charge in [0.25, 0.3) is 5.91 Å². The van der Waals surface area contributed by atoms with E-state index >= 15 is 0 Å². The summed E-state index contributed by atoms with van der Waals surface area (Å²) in [6.07, 6.45) is 5.50. The molecule has 1 heterocycles. The Bertz CT molecular complexity index is 546. The summed E-state index contributed by atoms with van der Waals surface area (Å²) >= 11 is 0. The smallest absolute Gasteiger partial charge is 0.254 e. The minimum absolute atomic E-state index is 0.0593. The summed E-state index contributed by atoms with van der Waals surface area (Å²) in [6, 6.07) is 9.76. The first-order valence-electron chi connectivity index (χ1n) is 7.05. The normalized spacial score (nSPS) is 10.8. The highest BCUT2D eigenvalue weighted by molar-refractivity contribution is 5.93. The minimum Gasteiger partial charge on any atom is -0.352 e. The van der Waals surface area contributed by atoms with E-state index in [9.17, 15) is 4.79 Å². The van der Waals surface area contributed by atoms with Gasteiger partial charge in [0.2, 0.25) is 0 Å². The molecule has 20 heavy (non-hydrogen) atoms. The second-order valence-electron chi connectivity index (χ2n) is 5.30. The van der Waals surface area contributed by atoms with Gasteiger partial charge in [-0.25, -0.2) is 4.68 Å². The van der Waals surface area contributed by atoms with Gasteiger partial charge in [-0.15, -0.1) is 0 Å². The molecular formula is C16H21N3O. The van der Waals surface area contributed by atoms with Crippen LogP contribution in [0, 0.1) is 5.92 Å². The molecule has 0 aliphatic carbocycles. The predicted octanol–water partition coefficient (Wildman–Crippen LogP) is 3.04. The molecule has 0 aliphatic heterocycles. The molecule has 4 nitrogen and oxygen atoms in total. The highest BCUT2D eigenvalue weighted by Gasteiger charge is 2.08. The molecule has 2 rings (SSSR count). The molecule has 106 valence electrons. The predicted molar refractivity (Wildman–Crippen MR) is 80.0 cm³/mol. The zero-order valence-electron chi connectivity index (χ0n) is 12.0. The van der Waals surface area contributed by atoms with Crippen LogP contribution in [0.2, 0.25) is 0 Å². The lowest BCUT2D eigenvalue weighted by Crippen LogP contribution is -2.24. The molecule has 0 unspecified atom stereocenters. The fourth-order valence-corrected chi connectivity index (χ4v) is 1.98. The van der Waals surface area contributed by atoms with Crippen molar-refractivity contribution in [3.63, 3.8) is 0 Å². The highest BCUT2D eigenvalue weighted by atomic mass is 16.1. The van der Waals surface area contributed by atoms with Gasteiger partial charge in [0.15, 0.2) is 0 Å². The van der Waals surface area contributed by atoms with E-state index in [0.29, 0.717) is 18.0 Å². The van der Waals surface area contributed by atoms with Crippen molar-refractivity contribution in [2.45, 2.75) is 26.7 Å². The quantitative estimate of drug-likeness (QED) is 0.821. The van der Waals surface area contributed by atoms with Crippen molar-refractivity contribution in [2.75, 3.05) is 6.54 Å². The largest absolute Gasteiger partial charge is 0.352 e. The van der Waals surface area contributed by atoms with E-state index in [-0.39, 0.29) is 5.91 Å². The molecule has 0 saturated carbocycles. The van der Waals surface area contributed by atoms with Gasteiger partial charge in [-0.3, -0.25) is 4.79 Å². The SMILES string of the molecule is CC(C)CCCNC(=O)c1cnn(-c2ccccc2)c1. The van der Waals surface area contributed by atoms with E-state index in [0.717, 1.165) is 18.5 Å². The Morgan fingerprint density at radius 1 is 1.30 bits per heavy atom. The summed E-state index contributed by atoms with van der Waals surface area (Å²) in [6.45, 7) is 5.09. The van der Waals surface area contributed by atoms with Crippen LogP contribution in [0.15, 0.2) is 42.7 Å². The highest BCUT2D eigenvalue weighted by Crippen LogP contribution is 2.08. The molecule has 1 amide bonds. The van der Waals surface area contributed by atoms with Crippen LogP contribution in [0.4, 0.5) is 0 Å². The van der Waals surface area contributed by atoms with Crippen molar-refractivity contribution in [3.8, 4) is 5.69 Å².